The lowest BCUT2D eigenvalue weighted by Gasteiger charge is -2.40. The number of hydrogen-bond acceptors (Lipinski definition) is 2. The zero-order valence-electron chi connectivity index (χ0n) is 13.8. The van der Waals surface area contributed by atoms with Gasteiger partial charge in [-0.15, -0.1) is 0 Å². The summed E-state index contributed by atoms with van der Waals surface area (Å²) >= 11 is 0. The highest BCUT2D eigenvalue weighted by molar-refractivity contribution is 6.01. The summed E-state index contributed by atoms with van der Waals surface area (Å²) in [5.74, 6) is -0.0915. The molecule has 1 saturated carbocycles. The van der Waals surface area contributed by atoms with Crippen LogP contribution < -0.4 is 5.32 Å². The van der Waals surface area contributed by atoms with Crippen LogP contribution in [-0.2, 0) is 4.79 Å². The molecule has 2 fully saturated rings. The highest BCUT2D eigenvalue weighted by atomic mass is 19.1. The lowest BCUT2D eigenvalue weighted by atomic mass is 9.84. The number of carbonyl (C=O) groups excluding carboxylic acids is 2. The molecule has 1 aromatic carbocycles. The Kier molecular flexibility index (Phi) is 4.03. The Morgan fingerprint density at radius 2 is 1.84 bits per heavy atom. The molecule has 6 heteroatoms. The van der Waals surface area contributed by atoms with E-state index in [0.29, 0.717) is 18.7 Å². The molecule has 0 unspecified atom stereocenters. The summed E-state index contributed by atoms with van der Waals surface area (Å²) in [5, 5.41) is 3.02. The first-order valence-electron chi connectivity index (χ1n) is 8.64. The zero-order chi connectivity index (χ0) is 17.4. The fourth-order valence-electron chi connectivity index (χ4n) is 3.30. The Labute approximate surface area is 145 Å². The van der Waals surface area contributed by atoms with Crippen molar-refractivity contribution in [2.45, 2.75) is 25.3 Å². The predicted molar refractivity (Wildman–Crippen MR) is 91.4 cm³/mol. The van der Waals surface area contributed by atoms with Gasteiger partial charge in [0.15, 0.2) is 0 Å². The minimum Gasteiger partial charge on any atom is -0.366 e. The number of rotatable bonds is 4. The maximum atomic E-state index is 13.1. The average molecular weight is 341 g/mol. The third-order valence-electron chi connectivity index (χ3n) is 5.12. The highest BCUT2D eigenvalue weighted by Gasteiger charge is 2.35. The van der Waals surface area contributed by atoms with Crippen molar-refractivity contribution in [3.8, 4) is 11.1 Å². The minimum atomic E-state index is -0.306. The maximum Gasteiger partial charge on any atom is 0.256 e. The van der Waals surface area contributed by atoms with Gasteiger partial charge in [-0.25, -0.2) is 4.39 Å². The summed E-state index contributed by atoms with van der Waals surface area (Å²) in [4.78, 5) is 29.3. The molecule has 0 bridgehead atoms. The predicted octanol–water partition coefficient (Wildman–Crippen LogP) is 2.56. The van der Waals surface area contributed by atoms with Crippen molar-refractivity contribution in [2.75, 3.05) is 13.1 Å². The molecule has 1 aliphatic heterocycles. The van der Waals surface area contributed by atoms with Gasteiger partial charge in [0.25, 0.3) is 5.91 Å². The summed E-state index contributed by atoms with van der Waals surface area (Å²) in [7, 11) is 0. The van der Waals surface area contributed by atoms with Gasteiger partial charge >= 0.3 is 0 Å². The van der Waals surface area contributed by atoms with Gasteiger partial charge in [-0.3, -0.25) is 9.59 Å². The smallest absolute Gasteiger partial charge is 0.256 e. The third-order valence-corrected chi connectivity index (χ3v) is 5.12. The molecule has 1 aliphatic carbocycles. The van der Waals surface area contributed by atoms with Crippen LogP contribution in [-0.4, -0.2) is 40.8 Å². The van der Waals surface area contributed by atoms with Crippen LogP contribution in [0, 0.1) is 11.7 Å². The molecule has 5 nitrogen and oxygen atoms in total. The van der Waals surface area contributed by atoms with E-state index in [1.165, 1.54) is 12.1 Å². The molecule has 2 aliphatic rings. The molecular weight excluding hydrogens is 321 g/mol. The quantitative estimate of drug-likeness (QED) is 0.898. The normalized spacial score (nSPS) is 17.7. The van der Waals surface area contributed by atoms with Crippen molar-refractivity contribution < 1.29 is 14.0 Å². The molecule has 2 amide bonds. The Hall–Kier alpha value is -2.63. The number of halogens is 1. The minimum absolute atomic E-state index is 0.0465. The number of nitrogens with one attached hydrogen (secondary N) is 2. The number of hydrogen-bond donors (Lipinski definition) is 2. The van der Waals surface area contributed by atoms with Gasteiger partial charge < -0.3 is 15.2 Å². The first-order valence-corrected chi connectivity index (χ1v) is 8.64. The number of aromatic amines is 1. The van der Waals surface area contributed by atoms with E-state index >= 15 is 0 Å². The SMILES string of the molecule is O=C(NC1CN(C(=O)c2c[nH]cc2-c2ccc(F)cc2)C1)C1CCC1. The topological polar surface area (TPSA) is 65.2 Å². The summed E-state index contributed by atoms with van der Waals surface area (Å²) in [6.45, 7) is 1.07. The molecule has 2 aromatic rings. The first-order chi connectivity index (χ1) is 12.1. The number of carbonyl (C=O) groups is 2. The van der Waals surface area contributed by atoms with E-state index in [0.717, 1.165) is 30.4 Å². The monoisotopic (exact) mass is 341 g/mol. The number of nitrogens with zero attached hydrogens (tertiary/aromatic N) is 1. The Bertz CT molecular complexity index is 789. The molecule has 1 saturated heterocycles. The molecule has 2 heterocycles. The fraction of sp³-hybridized carbons (Fsp3) is 0.368. The van der Waals surface area contributed by atoms with Crippen LogP contribution in [0.25, 0.3) is 11.1 Å². The summed E-state index contributed by atoms with van der Waals surface area (Å²) in [6, 6.07) is 6.13. The van der Waals surface area contributed by atoms with E-state index in [4.69, 9.17) is 0 Å². The van der Waals surface area contributed by atoms with Crippen molar-refractivity contribution in [3.05, 3.63) is 48.0 Å². The molecule has 130 valence electrons. The zero-order valence-corrected chi connectivity index (χ0v) is 13.8. The van der Waals surface area contributed by atoms with E-state index in [9.17, 15) is 14.0 Å². The van der Waals surface area contributed by atoms with E-state index in [2.05, 4.69) is 10.3 Å². The van der Waals surface area contributed by atoms with Crippen LogP contribution in [0.15, 0.2) is 36.7 Å². The van der Waals surface area contributed by atoms with E-state index in [-0.39, 0.29) is 29.6 Å². The summed E-state index contributed by atoms with van der Waals surface area (Å²) < 4.78 is 13.1. The van der Waals surface area contributed by atoms with Crippen LogP contribution in [0.4, 0.5) is 4.39 Å². The van der Waals surface area contributed by atoms with E-state index in [1.54, 1.807) is 29.4 Å². The summed E-state index contributed by atoms with van der Waals surface area (Å²) in [6.07, 6.45) is 6.50. The van der Waals surface area contributed by atoms with Crippen LogP contribution in [0.5, 0.6) is 0 Å². The van der Waals surface area contributed by atoms with Gasteiger partial charge in [-0.1, -0.05) is 18.6 Å². The number of H-pyrrole nitrogens is 1. The largest absolute Gasteiger partial charge is 0.366 e. The van der Waals surface area contributed by atoms with Crippen molar-refractivity contribution >= 4 is 11.8 Å². The first kappa shape index (κ1) is 15.9. The molecular formula is C19H20FN3O2. The second-order valence-electron chi connectivity index (χ2n) is 6.83. The molecule has 4 rings (SSSR count). The number of aromatic nitrogens is 1. The molecule has 25 heavy (non-hydrogen) atoms. The molecule has 0 radical (unpaired) electrons. The summed E-state index contributed by atoms with van der Waals surface area (Å²) in [5.41, 5.74) is 2.11. The van der Waals surface area contributed by atoms with Gasteiger partial charge in [0, 0.05) is 37.0 Å². The van der Waals surface area contributed by atoms with Crippen molar-refractivity contribution in [1.82, 2.24) is 15.2 Å². The van der Waals surface area contributed by atoms with Gasteiger partial charge in [-0.2, -0.15) is 0 Å². The average Bonchev–Trinajstić information content (AvgIpc) is 2.98. The van der Waals surface area contributed by atoms with Gasteiger partial charge in [0.05, 0.1) is 11.6 Å². The standard InChI is InChI=1S/C19H20FN3O2/c20-14-6-4-12(5-7-14)16-8-21-9-17(16)19(25)23-10-15(11-23)22-18(24)13-2-1-3-13/h4-9,13,15,21H,1-3,10-11H2,(H,22,24). The van der Waals surface area contributed by atoms with Crippen LogP contribution >= 0.6 is 0 Å². The Morgan fingerprint density at radius 3 is 2.48 bits per heavy atom. The molecule has 0 spiro atoms. The van der Waals surface area contributed by atoms with Gasteiger partial charge in [0.2, 0.25) is 5.91 Å². The van der Waals surface area contributed by atoms with Crippen molar-refractivity contribution in [2.24, 2.45) is 5.92 Å². The van der Waals surface area contributed by atoms with Crippen LogP contribution in [0.1, 0.15) is 29.6 Å². The van der Waals surface area contributed by atoms with Gasteiger partial charge in [-0.05, 0) is 30.5 Å². The third kappa shape index (κ3) is 3.04. The van der Waals surface area contributed by atoms with Crippen LogP contribution in [0.2, 0.25) is 0 Å². The van der Waals surface area contributed by atoms with Crippen LogP contribution in [0.3, 0.4) is 0 Å². The number of amides is 2. The second-order valence-corrected chi connectivity index (χ2v) is 6.83. The maximum absolute atomic E-state index is 13.1. The lowest BCUT2D eigenvalue weighted by Crippen LogP contribution is -2.61. The highest BCUT2D eigenvalue weighted by Crippen LogP contribution is 2.28. The molecule has 0 atom stereocenters. The van der Waals surface area contributed by atoms with E-state index < -0.39 is 0 Å². The Morgan fingerprint density at radius 1 is 1.12 bits per heavy atom. The lowest BCUT2D eigenvalue weighted by molar-refractivity contribution is -0.129. The molecule has 1 aromatic heterocycles. The fourth-order valence-corrected chi connectivity index (χ4v) is 3.30. The second kappa shape index (κ2) is 6.35. The van der Waals surface area contributed by atoms with Gasteiger partial charge in [0.1, 0.15) is 5.82 Å². The number of likely N-dealkylation sites (tertiary alicyclic amines) is 1. The number of benzene rings is 1. The van der Waals surface area contributed by atoms with Crippen molar-refractivity contribution in [3.63, 3.8) is 0 Å². The molecule has 2 N–H and O–H groups in total. The Balaban J connectivity index is 1.39. The van der Waals surface area contributed by atoms with E-state index in [1.807, 2.05) is 0 Å². The van der Waals surface area contributed by atoms with Crippen molar-refractivity contribution in [1.29, 1.82) is 0 Å².